The number of para-hydroxylation sites is 1. The van der Waals surface area contributed by atoms with Gasteiger partial charge in [0.2, 0.25) is 11.8 Å². The largest absolute Gasteiger partial charge is 0.487 e. The van der Waals surface area contributed by atoms with Crippen LogP contribution in [0.25, 0.3) is 0 Å². The molecule has 2 aliphatic rings. The van der Waals surface area contributed by atoms with Crippen molar-refractivity contribution < 1.29 is 19.1 Å². The van der Waals surface area contributed by atoms with Crippen molar-refractivity contribution in [1.29, 1.82) is 0 Å². The van der Waals surface area contributed by atoms with E-state index in [1.807, 2.05) is 23.1 Å². The van der Waals surface area contributed by atoms with Gasteiger partial charge in [0.15, 0.2) is 0 Å². The quantitative estimate of drug-likeness (QED) is 0.674. The minimum absolute atomic E-state index is 0.0745. The predicted octanol–water partition coefficient (Wildman–Crippen LogP) is 3.10. The van der Waals surface area contributed by atoms with Gasteiger partial charge in [0.1, 0.15) is 11.9 Å². The van der Waals surface area contributed by atoms with Crippen molar-refractivity contribution in [3.63, 3.8) is 0 Å². The topological polar surface area (TPSA) is 88.7 Å². The van der Waals surface area contributed by atoms with Crippen LogP contribution in [0.4, 0.5) is 0 Å². The third kappa shape index (κ3) is 4.81. The maximum Gasteiger partial charge on any atom is 0.277 e. The van der Waals surface area contributed by atoms with Crippen molar-refractivity contribution in [2.24, 2.45) is 11.8 Å². The summed E-state index contributed by atoms with van der Waals surface area (Å²) < 4.78 is 11.6. The van der Waals surface area contributed by atoms with E-state index in [2.05, 4.69) is 23.2 Å². The molecule has 0 unspecified atom stereocenters. The Bertz CT molecular complexity index is 874. The number of hydrogen-bond acceptors (Lipinski definition) is 7. The van der Waals surface area contributed by atoms with Gasteiger partial charge in [0.05, 0.1) is 11.9 Å². The van der Waals surface area contributed by atoms with Gasteiger partial charge in [0.25, 0.3) is 5.22 Å². The van der Waals surface area contributed by atoms with E-state index in [1.165, 1.54) is 17.3 Å². The molecular formula is C22H29N3O4S. The number of amides is 1. The van der Waals surface area contributed by atoms with Gasteiger partial charge >= 0.3 is 0 Å². The summed E-state index contributed by atoms with van der Waals surface area (Å²) in [6.07, 6.45) is 2.72. The molecule has 1 saturated heterocycles. The smallest absolute Gasteiger partial charge is 0.277 e. The van der Waals surface area contributed by atoms with Crippen LogP contribution in [0.5, 0.6) is 5.75 Å². The lowest BCUT2D eigenvalue weighted by Gasteiger charge is -2.35. The van der Waals surface area contributed by atoms with Gasteiger partial charge in [-0.05, 0) is 42.7 Å². The van der Waals surface area contributed by atoms with Crippen LogP contribution in [0.2, 0.25) is 0 Å². The molecule has 0 radical (unpaired) electrons. The number of aromatic nitrogens is 2. The molecule has 1 aliphatic carbocycles. The third-order valence-electron chi connectivity index (χ3n) is 6.03. The average molecular weight is 432 g/mol. The lowest BCUT2D eigenvalue weighted by molar-refractivity contribution is -0.127. The Kier molecular flexibility index (Phi) is 6.63. The Morgan fingerprint density at radius 1 is 1.27 bits per heavy atom. The van der Waals surface area contributed by atoms with Gasteiger partial charge < -0.3 is 19.2 Å². The minimum Gasteiger partial charge on any atom is -0.487 e. The highest BCUT2D eigenvalue weighted by molar-refractivity contribution is 7.99. The summed E-state index contributed by atoms with van der Waals surface area (Å²) in [7, 11) is 0. The van der Waals surface area contributed by atoms with E-state index in [-0.39, 0.29) is 17.8 Å². The number of carbonyl (C=O) groups excluding carboxylic acids is 1. The van der Waals surface area contributed by atoms with Crippen molar-refractivity contribution in [2.75, 3.05) is 18.8 Å². The number of benzene rings is 1. The van der Waals surface area contributed by atoms with Crippen LogP contribution in [-0.2, 0) is 11.2 Å². The van der Waals surface area contributed by atoms with Crippen molar-refractivity contribution in [3.05, 3.63) is 35.7 Å². The molecule has 0 spiro atoms. The first kappa shape index (κ1) is 21.2. The molecule has 8 heteroatoms. The molecular weight excluding hydrogens is 402 g/mol. The summed E-state index contributed by atoms with van der Waals surface area (Å²) in [4.78, 5) is 14.6. The van der Waals surface area contributed by atoms with E-state index >= 15 is 0 Å². The number of rotatable bonds is 7. The molecule has 2 fully saturated rings. The SMILES string of the molecule is CCCc1ccccc1O[C@@H]1C[C@@H]2CN(C(=O)CSc3nnc(C)o3)C[C@@H]2C[C@H]1O. The standard InChI is InChI=1S/C22H29N3O4S/c1-3-6-15-7-4-5-8-19(15)29-20-10-17-12-25(11-16(17)9-18(20)26)21(27)13-30-22-24-23-14(2)28-22/h4-5,7-8,16-18,20,26H,3,6,9-13H2,1-2H3/t16-,17+,18+,20+/m0/s1. The number of likely N-dealkylation sites (tertiary alicyclic amines) is 1. The molecule has 2 aromatic rings. The second-order valence-corrected chi connectivity index (χ2v) is 9.17. The van der Waals surface area contributed by atoms with E-state index in [4.69, 9.17) is 9.15 Å². The van der Waals surface area contributed by atoms with Crippen molar-refractivity contribution >= 4 is 17.7 Å². The van der Waals surface area contributed by atoms with Crippen molar-refractivity contribution in [2.45, 2.75) is 57.0 Å². The van der Waals surface area contributed by atoms with Crippen LogP contribution in [0.15, 0.2) is 33.9 Å². The van der Waals surface area contributed by atoms with Gasteiger partial charge in [-0.2, -0.15) is 0 Å². The van der Waals surface area contributed by atoms with Gasteiger partial charge in [-0.15, -0.1) is 10.2 Å². The molecule has 30 heavy (non-hydrogen) atoms. The zero-order valence-electron chi connectivity index (χ0n) is 17.5. The first-order valence-corrected chi connectivity index (χ1v) is 11.6. The summed E-state index contributed by atoms with van der Waals surface area (Å²) in [5.74, 6) is 2.41. The normalized spacial score (nSPS) is 25.9. The Morgan fingerprint density at radius 2 is 2.03 bits per heavy atom. The zero-order chi connectivity index (χ0) is 21.1. The van der Waals surface area contributed by atoms with Gasteiger partial charge in [-0.25, -0.2) is 0 Å². The summed E-state index contributed by atoms with van der Waals surface area (Å²) in [5, 5.41) is 18.8. The fourth-order valence-corrected chi connectivity index (χ4v) is 5.24. The molecule has 1 aliphatic heterocycles. The van der Waals surface area contributed by atoms with Crippen LogP contribution < -0.4 is 4.74 Å². The summed E-state index contributed by atoms with van der Waals surface area (Å²) in [5.41, 5.74) is 1.19. The van der Waals surface area contributed by atoms with Crippen LogP contribution in [0, 0.1) is 18.8 Å². The fourth-order valence-electron chi connectivity index (χ4n) is 4.53. The number of aliphatic hydroxyl groups is 1. The monoisotopic (exact) mass is 431 g/mol. The maximum absolute atomic E-state index is 12.7. The predicted molar refractivity (Wildman–Crippen MR) is 113 cm³/mol. The van der Waals surface area contributed by atoms with E-state index in [0.717, 1.165) is 31.6 Å². The number of nitrogens with zero attached hydrogens (tertiary/aromatic N) is 3. The van der Waals surface area contributed by atoms with Crippen LogP contribution >= 0.6 is 11.8 Å². The molecule has 1 N–H and O–H groups in total. The number of aliphatic hydroxyl groups excluding tert-OH is 1. The second kappa shape index (κ2) is 9.39. The van der Waals surface area contributed by atoms with Gasteiger partial charge in [-0.3, -0.25) is 4.79 Å². The molecule has 4 atom stereocenters. The highest BCUT2D eigenvalue weighted by Gasteiger charge is 2.44. The van der Waals surface area contributed by atoms with Crippen LogP contribution in [0.3, 0.4) is 0 Å². The fraction of sp³-hybridized carbons (Fsp3) is 0.591. The van der Waals surface area contributed by atoms with Gasteiger partial charge in [-0.1, -0.05) is 43.3 Å². The molecule has 0 bridgehead atoms. The van der Waals surface area contributed by atoms with Gasteiger partial charge in [0, 0.05) is 20.0 Å². The Hall–Kier alpha value is -2.06. The number of hydrogen-bond donors (Lipinski definition) is 1. The molecule has 7 nitrogen and oxygen atoms in total. The molecule has 1 aromatic heterocycles. The third-order valence-corrected chi connectivity index (χ3v) is 6.84. The highest BCUT2D eigenvalue weighted by atomic mass is 32.2. The molecule has 162 valence electrons. The number of ether oxygens (including phenoxy) is 1. The minimum atomic E-state index is -0.508. The molecule has 1 amide bonds. The average Bonchev–Trinajstić information content (AvgIpc) is 3.33. The Labute approximate surface area is 181 Å². The van der Waals surface area contributed by atoms with E-state index in [0.29, 0.717) is 35.9 Å². The first-order valence-electron chi connectivity index (χ1n) is 10.7. The van der Waals surface area contributed by atoms with E-state index in [9.17, 15) is 9.90 Å². The van der Waals surface area contributed by atoms with Crippen molar-refractivity contribution in [3.8, 4) is 5.75 Å². The van der Waals surface area contributed by atoms with E-state index < -0.39 is 6.10 Å². The molecule has 4 rings (SSSR count). The van der Waals surface area contributed by atoms with Crippen molar-refractivity contribution in [1.82, 2.24) is 15.1 Å². The maximum atomic E-state index is 12.7. The highest BCUT2D eigenvalue weighted by Crippen LogP contribution is 2.38. The first-order chi connectivity index (χ1) is 14.5. The number of fused-ring (bicyclic) bond motifs is 1. The number of thioether (sulfide) groups is 1. The van der Waals surface area contributed by atoms with Crippen LogP contribution in [-0.4, -0.2) is 57.2 Å². The summed E-state index contributed by atoms with van der Waals surface area (Å²) >= 11 is 1.27. The lowest BCUT2D eigenvalue weighted by Crippen LogP contribution is -2.42. The summed E-state index contributed by atoms with van der Waals surface area (Å²) in [6.45, 7) is 5.30. The second-order valence-electron chi connectivity index (χ2n) is 8.25. The lowest BCUT2D eigenvalue weighted by atomic mass is 9.78. The molecule has 1 aromatic carbocycles. The molecule has 1 saturated carbocycles. The number of carbonyl (C=O) groups is 1. The zero-order valence-corrected chi connectivity index (χ0v) is 18.3. The molecule has 2 heterocycles. The Morgan fingerprint density at radius 3 is 2.77 bits per heavy atom. The Balaban J connectivity index is 1.34. The van der Waals surface area contributed by atoms with Crippen LogP contribution in [0.1, 0.15) is 37.6 Å². The summed E-state index contributed by atoms with van der Waals surface area (Å²) in [6, 6.07) is 8.09. The number of aryl methyl sites for hydroxylation is 2. The van der Waals surface area contributed by atoms with E-state index in [1.54, 1.807) is 6.92 Å².